The Labute approximate surface area is 177 Å². The number of amides is 1. The van der Waals surface area contributed by atoms with Crippen LogP contribution in [0.2, 0.25) is 0 Å². The minimum absolute atomic E-state index is 0.0484. The maximum absolute atomic E-state index is 13.3. The van der Waals surface area contributed by atoms with E-state index in [2.05, 4.69) is 10.4 Å². The third-order valence-corrected chi connectivity index (χ3v) is 5.16. The highest BCUT2D eigenvalue weighted by atomic mass is 19.4. The fourth-order valence-electron chi connectivity index (χ4n) is 3.67. The Bertz CT molecular complexity index is 1110. The summed E-state index contributed by atoms with van der Waals surface area (Å²) in [5, 5.41) is 8.92. The van der Waals surface area contributed by atoms with Crippen LogP contribution in [0, 0.1) is 0 Å². The first-order chi connectivity index (χ1) is 14.7. The van der Waals surface area contributed by atoms with Gasteiger partial charge in [-0.05, 0) is 12.1 Å². The molecule has 1 atom stereocenters. The van der Waals surface area contributed by atoms with Gasteiger partial charge in [0.05, 0.1) is 11.8 Å². The van der Waals surface area contributed by atoms with Crippen molar-refractivity contribution in [1.82, 2.24) is 9.89 Å². The largest absolute Gasteiger partial charge is 0.489 e. The molecule has 0 saturated carbocycles. The van der Waals surface area contributed by atoms with Crippen molar-refractivity contribution in [3.05, 3.63) is 77.0 Å². The van der Waals surface area contributed by atoms with Gasteiger partial charge in [0.2, 0.25) is 5.91 Å². The highest BCUT2D eigenvalue weighted by Gasteiger charge is 2.34. The van der Waals surface area contributed by atoms with Gasteiger partial charge in [-0.25, -0.2) is 0 Å². The molecule has 2 heterocycles. The summed E-state index contributed by atoms with van der Waals surface area (Å²) in [5.74, 6) is 0.389. The summed E-state index contributed by atoms with van der Waals surface area (Å²) in [6.45, 7) is -0.241. The smallest absolute Gasteiger partial charge is 0.416 e. The SMILES string of the molecule is CN(C)n1cc2c(n1)NC(=O)CC2c1ccccc1OCc1ccccc1C(F)(F)F. The van der Waals surface area contributed by atoms with E-state index < -0.39 is 11.7 Å². The molecule has 0 aliphatic carbocycles. The van der Waals surface area contributed by atoms with Crippen LogP contribution in [0.25, 0.3) is 0 Å². The number of carbonyl (C=O) groups is 1. The summed E-state index contributed by atoms with van der Waals surface area (Å²) in [4.78, 5) is 13.9. The lowest BCUT2D eigenvalue weighted by molar-refractivity contribution is -0.138. The van der Waals surface area contributed by atoms with E-state index in [1.807, 2.05) is 32.4 Å². The molecule has 0 fully saturated rings. The van der Waals surface area contributed by atoms with Crippen molar-refractivity contribution in [3.63, 3.8) is 0 Å². The second-order valence-corrected chi connectivity index (χ2v) is 7.49. The maximum atomic E-state index is 13.3. The highest BCUT2D eigenvalue weighted by Crippen LogP contribution is 2.40. The average Bonchev–Trinajstić information content (AvgIpc) is 3.16. The van der Waals surface area contributed by atoms with E-state index >= 15 is 0 Å². The third-order valence-electron chi connectivity index (χ3n) is 5.16. The zero-order valence-electron chi connectivity index (χ0n) is 17.0. The number of nitrogens with zero attached hydrogens (tertiary/aromatic N) is 3. The first-order valence-corrected chi connectivity index (χ1v) is 9.68. The van der Waals surface area contributed by atoms with E-state index in [0.717, 1.165) is 17.2 Å². The fourth-order valence-corrected chi connectivity index (χ4v) is 3.67. The molecule has 1 amide bonds. The Balaban J connectivity index is 1.66. The first-order valence-electron chi connectivity index (χ1n) is 9.68. The Morgan fingerprint density at radius 3 is 2.58 bits per heavy atom. The summed E-state index contributed by atoms with van der Waals surface area (Å²) >= 11 is 0. The Kier molecular flexibility index (Phi) is 5.34. The number of fused-ring (bicyclic) bond motifs is 1. The van der Waals surface area contributed by atoms with E-state index in [1.165, 1.54) is 12.1 Å². The maximum Gasteiger partial charge on any atom is 0.416 e. The molecular weight excluding hydrogens is 409 g/mol. The van der Waals surface area contributed by atoms with Gasteiger partial charge in [-0.3, -0.25) is 4.79 Å². The monoisotopic (exact) mass is 430 g/mol. The molecule has 31 heavy (non-hydrogen) atoms. The number of benzene rings is 2. The zero-order valence-corrected chi connectivity index (χ0v) is 17.0. The molecule has 1 aliphatic heterocycles. The van der Waals surface area contributed by atoms with Gasteiger partial charge in [-0.15, -0.1) is 5.10 Å². The van der Waals surface area contributed by atoms with Gasteiger partial charge in [0.25, 0.3) is 0 Å². The molecule has 0 saturated heterocycles. The van der Waals surface area contributed by atoms with Crippen molar-refractivity contribution >= 4 is 11.7 Å². The van der Waals surface area contributed by atoms with Gasteiger partial charge in [-0.2, -0.15) is 18.0 Å². The van der Waals surface area contributed by atoms with Gasteiger partial charge >= 0.3 is 6.18 Å². The number of halogens is 3. The standard InChI is InChI=1S/C22H21F3N4O2/c1-28(2)29-12-17-16(11-20(30)26-21(17)27-29)15-8-4-6-10-19(15)31-13-14-7-3-5-9-18(14)22(23,24)25/h3-10,12,16H,11,13H2,1-2H3,(H,26,27,30). The van der Waals surface area contributed by atoms with Crippen LogP contribution in [0.4, 0.5) is 19.0 Å². The zero-order chi connectivity index (χ0) is 22.2. The van der Waals surface area contributed by atoms with Crippen LogP contribution in [0.5, 0.6) is 5.75 Å². The van der Waals surface area contributed by atoms with Crippen LogP contribution in [0.15, 0.2) is 54.7 Å². The van der Waals surface area contributed by atoms with E-state index in [4.69, 9.17) is 4.74 Å². The van der Waals surface area contributed by atoms with Crippen molar-refractivity contribution < 1.29 is 22.7 Å². The molecule has 1 unspecified atom stereocenters. The second kappa shape index (κ2) is 7.98. The summed E-state index contributed by atoms with van der Waals surface area (Å²) < 4.78 is 45.8. The molecule has 9 heteroatoms. The molecular formula is C22H21F3N4O2. The summed E-state index contributed by atoms with van der Waals surface area (Å²) in [6, 6.07) is 12.4. The lowest BCUT2D eigenvalue weighted by Gasteiger charge is -2.24. The van der Waals surface area contributed by atoms with Gasteiger partial charge in [0, 0.05) is 43.1 Å². The van der Waals surface area contributed by atoms with Crippen LogP contribution in [-0.2, 0) is 17.6 Å². The van der Waals surface area contributed by atoms with Gasteiger partial charge in [0.1, 0.15) is 12.4 Å². The average molecular weight is 430 g/mol. The van der Waals surface area contributed by atoms with E-state index in [-0.39, 0.29) is 30.4 Å². The third kappa shape index (κ3) is 4.21. The predicted octanol–water partition coefficient (Wildman–Crippen LogP) is 4.15. The predicted molar refractivity (Wildman–Crippen MR) is 110 cm³/mol. The van der Waals surface area contributed by atoms with Crippen molar-refractivity contribution in [2.24, 2.45) is 0 Å². The molecule has 0 radical (unpaired) electrons. The Morgan fingerprint density at radius 1 is 1.13 bits per heavy atom. The number of ether oxygens (including phenoxy) is 1. The number of nitrogens with one attached hydrogen (secondary N) is 1. The van der Waals surface area contributed by atoms with Crippen LogP contribution < -0.4 is 15.1 Å². The van der Waals surface area contributed by atoms with E-state index in [1.54, 1.807) is 28.0 Å². The number of aromatic nitrogens is 2. The van der Waals surface area contributed by atoms with Crippen molar-refractivity contribution in [1.29, 1.82) is 0 Å². The molecule has 0 spiro atoms. The minimum atomic E-state index is -4.46. The number of rotatable bonds is 5. The second-order valence-electron chi connectivity index (χ2n) is 7.49. The normalized spacial score (nSPS) is 15.9. The van der Waals surface area contributed by atoms with Crippen LogP contribution >= 0.6 is 0 Å². The lowest BCUT2D eigenvalue weighted by Crippen LogP contribution is -2.25. The van der Waals surface area contributed by atoms with Gasteiger partial charge < -0.3 is 15.1 Å². The number of hydrogen-bond acceptors (Lipinski definition) is 4. The molecule has 4 rings (SSSR count). The van der Waals surface area contributed by atoms with Crippen molar-refractivity contribution in [2.45, 2.75) is 25.1 Å². The number of anilines is 1. The first kappa shape index (κ1) is 20.8. The highest BCUT2D eigenvalue weighted by molar-refractivity contribution is 5.94. The molecule has 6 nitrogen and oxygen atoms in total. The number of alkyl halides is 3. The topological polar surface area (TPSA) is 59.4 Å². The van der Waals surface area contributed by atoms with E-state index in [0.29, 0.717) is 11.6 Å². The van der Waals surface area contributed by atoms with Gasteiger partial charge in [-0.1, -0.05) is 36.4 Å². The molecule has 2 aromatic carbocycles. The van der Waals surface area contributed by atoms with Crippen LogP contribution in [0.1, 0.15) is 34.6 Å². The molecule has 1 aromatic heterocycles. The lowest BCUT2D eigenvalue weighted by atomic mass is 9.87. The van der Waals surface area contributed by atoms with E-state index in [9.17, 15) is 18.0 Å². The molecule has 0 bridgehead atoms. The van der Waals surface area contributed by atoms with Crippen molar-refractivity contribution in [3.8, 4) is 5.75 Å². The van der Waals surface area contributed by atoms with Gasteiger partial charge in [0.15, 0.2) is 5.82 Å². The Hall–Kier alpha value is -3.49. The summed E-state index contributed by atoms with van der Waals surface area (Å²) in [7, 11) is 3.65. The molecule has 162 valence electrons. The summed E-state index contributed by atoms with van der Waals surface area (Å²) in [5.41, 5.74) is 0.868. The minimum Gasteiger partial charge on any atom is -0.489 e. The van der Waals surface area contributed by atoms with Crippen molar-refractivity contribution in [2.75, 3.05) is 24.4 Å². The van der Waals surface area contributed by atoms with Crippen LogP contribution in [0.3, 0.4) is 0 Å². The fraction of sp³-hybridized carbons (Fsp3) is 0.273. The quantitative estimate of drug-likeness (QED) is 0.661. The molecule has 1 N–H and O–H groups in total. The molecule has 3 aromatic rings. The van der Waals surface area contributed by atoms with Crippen LogP contribution in [-0.4, -0.2) is 29.9 Å². The Morgan fingerprint density at radius 2 is 1.84 bits per heavy atom. The molecule has 1 aliphatic rings. The number of hydrogen-bond donors (Lipinski definition) is 1. The number of carbonyl (C=O) groups excluding carboxylic acids is 1. The number of para-hydroxylation sites is 1. The summed E-state index contributed by atoms with van der Waals surface area (Å²) in [6.07, 6.45) is -2.45.